The summed E-state index contributed by atoms with van der Waals surface area (Å²) in [6.07, 6.45) is 0.838. The number of hydrogen-bond acceptors (Lipinski definition) is 3. The van der Waals surface area contributed by atoms with Crippen LogP contribution in [0.3, 0.4) is 0 Å². The number of aryl methyl sites for hydroxylation is 1. The molecule has 3 nitrogen and oxygen atoms in total. The molecule has 0 fully saturated rings. The molecule has 2 aromatic heterocycles. The van der Waals surface area contributed by atoms with Crippen molar-refractivity contribution in [1.82, 2.24) is 9.97 Å². The molecule has 0 saturated heterocycles. The van der Waals surface area contributed by atoms with E-state index < -0.39 is 0 Å². The van der Waals surface area contributed by atoms with Gasteiger partial charge >= 0.3 is 0 Å². The molecule has 0 atom stereocenters. The number of furan rings is 1. The lowest BCUT2D eigenvalue weighted by atomic mass is 10.1. The molecule has 3 rings (SSSR count). The van der Waals surface area contributed by atoms with Gasteiger partial charge in [-0.15, -0.1) is 0 Å². The summed E-state index contributed by atoms with van der Waals surface area (Å²) in [5, 5.41) is 0.452. The lowest BCUT2D eigenvalue weighted by Crippen LogP contribution is -1.96. The zero-order valence-electron chi connectivity index (χ0n) is 11.9. The van der Waals surface area contributed by atoms with Crippen LogP contribution >= 0.6 is 11.6 Å². The average Bonchev–Trinajstić information content (AvgIpc) is 3.00. The first kappa shape index (κ1) is 13.8. The fourth-order valence-corrected chi connectivity index (χ4v) is 2.33. The van der Waals surface area contributed by atoms with Gasteiger partial charge in [0.05, 0.1) is 5.69 Å². The Bertz CT molecular complexity index is 766. The molecule has 0 N–H and O–H groups in total. The van der Waals surface area contributed by atoms with Gasteiger partial charge in [-0.05, 0) is 19.1 Å². The molecule has 0 radical (unpaired) electrons. The Labute approximate surface area is 128 Å². The van der Waals surface area contributed by atoms with Gasteiger partial charge in [0, 0.05) is 17.5 Å². The normalized spacial score (nSPS) is 10.8. The predicted molar refractivity (Wildman–Crippen MR) is 84.3 cm³/mol. The molecule has 0 bridgehead atoms. The lowest BCUT2D eigenvalue weighted by Gasteiger charge is -2.08. The van der Waals surface area contributed by atoms with E-state index in [-0.39, 0.29) is 0 Å². The minimum atomic E-state index is 0.452. The van der Waals surface area contributed by atoms with Crippen LogP contribution in [-0.2, 0) is 6.42 Å². The largest absolute Gasteiger partial charge is 0.458 e. The standard InChI is InChI=1S/C17H15ClN2O/c1-3-13-9-10-14(21-13)17-19-15(11(2)16(18)20-17)12-7-5-4-6-8-12/h4-10H,3H2,1-2H3. The summed E-state index contributed by atoms with van der Waals surface area (Å²) < 4.78 is 5.72. The Morgan fingerprint density at radius 3 is 2.48 bits per heavy atom. The summed E-state index contributed by atoms with van der Waals surface area (Å²) in [5.74, 6) is 2.07. The van der Waals surface area contributed by atoms with Crippen LogP contribution in [-0.4, -0.2) is 9.97 Å². The van der Waals surface area contributed by atoms with E-state index in [1.807, 2.05) is 56.3 Å². The first-order valence-corrected chi connectivity index (χ1v) is 7.25. The molecule has 21 heavy (non-hydrogen) atoms. The maximum Gasteiger partial charge on any atom is 0.197 e. The van der Waals surface area contributed by atoms with Crippen LogP contribution in [0.2, 0.25) is 5.15 Å². The monoisotopic (exact) mass is 298 g/mol. The first-order chi connectivity index (χ1) is 10.2. The topological polar surface area (TPSA) is 38.9 Å². The number of halogens is 1. The van der Waals surface area contributed by atoms with Crippen molar-refractivity contribution in [1.29, 1.82) is 0 Å². The van der Waals surface area contributed by atoms with Gasteiger partial charge in [0.2, 0.25) is 0 Å². The Morgan fingerprint density at radius 2 is 1.81 bits per heavy atom. The van der Waals surface area contributed by atoms with E-state index in [1.165, 1.54) is 0 Å². The molecule has 3 aromatic rings. The van der Waals surface area contributed by atoms with Crippen molar-refractivity contribution in [3.63, 3.8) is 0 Å². The summed E-state index contributed by atoms with van der Waals surface area (Å²) >= 11 is 6.27. The number of aromatic nitrogens is 2. The highest BCUT2D eigenvalue weighted by molar-refractivity contribution is 6.30. The quantitative estimate of drug-likeness (QED) is 0.644. The minimum Gasteiger partial charge on any atom is -0.458 e. The van der Waals surface area contributed by atoms with Crippen molar-refractivity contribution in [2.75, 3.05) is 0 Å². The molecule has 0 aliphatic carbocycles. The highest BCUT2D eigenvalue weighted by Crippen LogP contribution is 2.29. The Balaban J connectivity index is 2.14. The third-order valence-electron chi connectivity index (χ3n) is 3.36. The van der Waals surface area contributed by atoms with Crippen LogP contribution in [0.25, 0.3) is 22.8 Å². The Hall–Kier alpha value is -2.13. The average molecular weight is 299 g/mol. The minimum absolute atomic E-state index is 0.452. The van der Waals surface area contributed by atoms with Gasteiger partial charge in [-0.3, -0.25) is 0 Å². The van der Waals surface area contributed by atoms with E-state index in [4.69, 9.17) is 16.0 Å². The molecule has 1 aromatic carbocycles. The zero-order chi connectivity index (χ0) is 14.8. The number of nitrogens with zero attached hydrogens (tertiary/aromatic N) is 2. The van der Waals surface area contributed by atoms with Crippen LogP contribution < -0.4 is 0 Å². The molecule has 0 aliphatic rings. The van der Waals surface area contributed by atoms with Crippen LogP contribution in [0.5, 0.6) is 0 Å². The van der Waals surface area contributed by atoms with E-state index in [9.17, 15) is 0 Å². The maximum absolute atomic E-state index is 6.27. The summed E-state index contributed by atoms with van der Waals surface area (Å²) in [7, 11) is 0. The van der Waals surface area contributed by atoms with Crippen molar-refractivity contribution >= 4 is 11.6 Å². The van der Waals surface area contributed by atoms with Crippen LogP contribution in [0.1, 0.15) is 18.2 Å². The number of rotatable bonds is 3. The van der Waals surface area contributed by atoms with Crippen LogP contribution in [0, 0.1) is 6.92 Å². The second-order valence-electron chi connectivity index (χ2n) is 4.80. The summed E-state index contributed by atoms with van der Waals surface area (Å²) in [6.45, 7) is 3.97. The van der Waals surface area contributed by atoms with Crippen molar-refractivity contribution < 1.29 is 4.42 Å². The molecule has 4 heteroatoms. The van der Waals surface area contributed by atoms with Gasteiger partial charge in [-0.1, -0.05) is 48.9 Å². The Kier molecular flexibility index (Phi) is 3.76. The summed E-state index contributed by atoms with van der Waals surface area (Å²) in [4.78, 5) is 8.97. The molecule has 0 aliphatic heterocycles. The van der Waals surface area contributed by atoms with E-state index >= 15 is 0 Å². The highest BCUT2D eigenvalue weighted by atomic mass is 35.5. The second kappa shape index (κ2) is 5.70. The van der Waals surface area contributed by atoms with Gasteiger partial charge in [0.1, 0.15) is 10.9 Å². The van der Waals surface area contributed by atoms with Gasteiger partial charge in [-0.2, -0.15) is 0 Å². The number of benzene rings is 1. The van der Waals surface area contributed by atoms with E-state index in [0.29, 0.717) is 16.7 Å². The van der Waals surface area contributed by atoms with Crippen molar-refractivity contribution in [3.8, 4) is 22.8 Å². The molecule has 0 amide bonds. The summed E-state index contributed by atoms with van der Waals surface area (Å²) in [6, 6.07) is 13.8. The van der Waals surface area contributed by atoms with E-state index in [0.717, 1.165) is 29.0 Å². The molecular formula is C17H15ClN2O. The van der Waals surface area contributed by atoms with Crippen LogP contribution in [0.15, 0.2) is 46.9 Å². The third kappa shape index (κ3) is 2.69. The smallest absolute Gasteiger partial charge is 0.197 e. The van der Waals surface area contributed by atoms with Crippen LogP contribution in [0.4, 0.5) is 0 Å². The first-order valence-electron chi connectivity index (χ1n) is 6.87. The molecule has 106 valence electrons. The zero-order valence-corrected chi connectivity index (χ0v) is 12.7. The molecule has 0 spiro atoms. The van der Waals surface area contributed by atoms with Crippen molar-refractivity contribution in [3.05, 3.63) is 58.9 Å². The lowest BCUT2D eigenvalue weighted by molar-refractivity contribution is 0.525. The fraction of sp³-hybridized carbons (Fsp3) is 0.176. The van der Waals surface area contributed by atoms with Crippen molar-refractivity contribution in [2.45, 2.75) is 20.3 Å². The van der Waals surface area contributed by atoms with Gasteiger partial charge in [0.15, 0.2) is 11.6 Å². The number of hydrogen-bond donors (Lipinski definition) is 0. The van der Waals surface area contributed by atoms with E-state index in [2.05, 4.69) is 9.97 Å². The maximum atomic E-state index is 6.27. The molecule has 0 saturated carbocycles. The molecular weight excluding hydrogens is 284 g/mol. The van der Waals surface area contributed by atoms with Crippen molar-refractivity contribution in [2.24, 2.45) is 0 Å². The fourth-order valence-electron chi connectivity index (χ4n) is 2.16. The molecule has 0 unspecified atom stereocenters. The highest BCUT2D eigenvalue weighted by Gasteiger charge is 2.14. The van der Waals surface area contributed by atoms with Gasteiger partial charge < -0.3 is 4.42 Å². The van der Waals surface area contributed by atoms with Gasteiger partial charge in [-0.25, -0.2) is 9.97 Å². The third-order valence-corrected chi connectivity index (χ3v) is 3.73. The Morgan fingerprint density at radius 1 is 1.05 bits per heavy atom. The summed E-state index contributed by atoms with van der Waals surface area (Å²) in [5.41, 5.74) is 2.72. The van der Waals surface area contributed by atoms with E-state index in [1.54, 1.807) is 0 Å². The van der Waals surface area contributed by atoms with Gasteiger partial charge in [0.25, 0.3) is 0 Å². The predicted octanol–water partition coefficient (Wildman–Crippen LogP) is 4.93. The molecule has 2 heterocycles. The SMILES string of the molecule is CCc1ccc(-c2nc(Cl)c(C)c(-c3ccccc3)n2)o1. The second-order valence-corrected chi connectivity index (χ2v) is 5.16.